The molecule has 0 aliphatic heterocycles. The van der Waals surface area contributed by atoms with Gasteiger partial charge in [-0.1, -0.05) is 51.9 Å². The van der Waals surface area contributed by atoms with Crippen LogP contribution in [0.2, 0.25) is 0 Å². The van der Waals surface area contributed by atoms with Crippen molar-refractivity contribution >= 4 is 5.96 Å². The van der Waals surface area contributed by atoms with Crippen molar-refractivity contribution < 1.29 is 0 Å². The first-order valence-electron chi connectivity index (χ1n) is 7.10. The summed E-state index contributed by atoms with van der Waals surface area (Å²) in [5, 5.41) is 3.36. The van der Waals surface area contributed by atoms with Crippen LogP contribution in [-0.2, 0) is 0 Å². The van der Waals surface area contributed by atoms with Crippen LogP contribution in [0.4, 0.5) is 0 Å². The molecule has 0 aromatic heterocycles. The van der Waals surface area contributed by atoms with Crippen molar-refractivity contribution in [3.63, 3.8) is 0 Å². The first-order valence-corrected chi connectivity index (χ1v) is 7.10. The number of nitrogens with zero attached hydrogens (tertiary/aromatic N) is 2. The van der Waals surface area contributed by atoms with Gasteiger partial charge in [-0.15, -0.1) is 0 Å². The summed E-state index contributed by atoms with van der Waals surface area (Å²) in [5.41, 5.74) is 0. The molecule has 0 amide bonds. The molecule has 0 aromatic rings. The summed E-state index contributed by atoms with van der Waals surface area (Å²) < 4.78 is 0. The standard InChI is InChI=1S/C14H31N3/c1-5-6-7-8-9-10-11-12-13-16-14(15-2)17(3)4/h5-13H2,1-4H3,(H,15,16). The number of hydrogen-bond donors (Lipinski definition) is 1. The van der Waals surface area contributed by atoms with Gasteiger partial charge in [-0.05, 0) is 6.42 Å². The molecule has 1 N–H and O–H groups in total. The number of hydrogen-bond acceptors (Lipinski definition) is 1. The van der Waals surface area contributed by atoms with E-state index >= 15 is 0 Å². The second-order valence-electron chi connectivity index (χ2n) is 4.84. The molecule has 0 unspecified atom stereocenters. The normalized spacial score (nSPS) is 11.6. The second-order valence-corrected chi connectivity index (χ2v) is 4.84. The molecule has 0 atom stereocenters. The Kier molecular flexibility index (Phi) is 11.2. The number of guanidine groups is 1. The predicted molar refractivity (Wildman–Crippen MR) is 77.7 cm³/mol. The lowest BCUT2D eigenvalue weighted by Crippen LogP contribution is -2.36. The molecule has 102 valence electrons. The minimum Gasteiger partial charge on any atom is -0.356 e. The van der Waals surface area contributed by atoms with Gasteiger partial charge in [0, 0.05) is 27.7 Å². The van der Waals surface area contributed by atoms with Crippen molar-refractivity contribution in [1.29, 1.82) is 0 Å². The van der Waals surface area contributed by atoms with E-state index in [1.54, 1.807) is 0 Å². The Balaban J connectivity index is 3.23. The Hall–Kier alpha value is -0.730. The van der Waals surface area contributed by atoms with Crippen molar-refractivity contribution in [2.75, 3.05) is 27.7 Å². The van der Waals surface area contributed by atoms with Crippen LogP contribution in [0.1, 0.15) is 58.3 Å². The molecule has 0 saturated heterocycles. The molecule has 0 rings (SSSR count). The Labute approximate surface area is 108 Å². The van der Waals surface area contributed by atoms with E-state index in [0.29, 0.717) is 0 Å². The van der Waals surface area contributed by atoms with Gasteiger partial charge in [0.15, 0.2) is 5.96 Å². The molecule has 0 aromatic carbocycles. The zero-order valence-corrected chi connectivity index (χ0v) is 12.3. The van der Waals surface area contributed by atoms with Crippen LogP contribution in [0, 0.1) is 0 Å². The van der Waals surface area contributed by atoms with Gasteiger partial charge in [0.25, 0.3) is 0 Å². The average Bonchev–Trinajstić information content (AvgIpc) is 2.31. The molecule has 0 bridgehead atoms. The van der Waals surface area contributed by atoms with Gasteiger partial charge in [0.05, 0.1) is 0 Å². The van der Waals surface area contributed by atoms with Crippen LogP contribution < -0.4 is 5.32 Å². The molecule has 17 heavy (non-hydrogen) atoms. The molecular formula is C14H31N3. The van der Waals surface area contributed by atoms with Gasteiger partial charge in [-0.2, -0.15) is 0 Å². The quantitative estimate of drug-likeness (QED) is 0.381. The minimum atomic E-state index is 0.980. The largest absolute Gasteiger partial charge is 0.356 e. The monoisotopic (exact) mass is 241 g/mol. The highest BCUT2D eigenvalue weighted by Gasteiger charge is 1.98. The Morgan fingerprint density at radius 2 is 1.47 bits per heavy atom. The van der Waals surface area contributed by atoms with Crippen LogP contribution in [0.3, 0.4) is 0 Å². The average molecular weight is 241 g/mol. The fourth-order valence-electron chi connectivity index (χ4n) is 1.90. The zero-order valence-electron chi connectivity index (χ0n) is 12.3. The predicted octanol–water partition coefficient (Wildman–Crippen LogP) is 3.26. The summed E-state index contributed by atoms with van der Waals surface area (Å²) in [7, 11) is 5.86. The third-order valence-electron chi connectivity index (χ3n) is 2.95. The SMILES string of the molecule is CCCCCCCCCCNC(=NC)N(C)C. The van der Waals surface area contributed by atoms with Crippen LogP contribution in [0.5, 0.6) is 0 Å². The van der Waals surface area contributed by atoms with E-state index in [1.165, 1.54) is 51.4 Å². The maximum atomic E-state index is 4.19. The number of aliphatic imine (C=N–C) groups is 1. The van der Waals surface area contributed by atoms with E-state index in [-0.39, 0.29) is 0 Å². The second kappa shape index (κ2) is 11.7. The van der Waals surface area contributed by atoms with Crippen LogP contribution in [0.25, 0.3) is 0 Å². The summed E-state index contributed by atoms with van der Waals surface area (Å²) in [5.74, 6) is 0.980. The van der Waals surface area contributed by atoms with E-state index in [0.717, 1.165) is 12.5 Å². The van der Waals surface area contributed by atoms with E-state index in [2.05, 4.69) is 17.2 Å². The van der Waals surface area contributed by atoms with E-state index in [4.69, 9.17) is 0 Å². The summed E-state index contributed by atoms with van der Waals surface area (Å²) in [6.07, 6.45) is 11.0. The Bertz CT molecular complexity index is 188. The molecule has 3 heteroatoms. The maximum Gasteiger partial charge on any atom is 0.193 e. The fourth-order valence-corrected chi connectivity index (χ4v) is 1.90. The summed E-state index contributed by atoms with van der Waals surface area (Å²) in [6.45, 7) is 3.31. The van der Waals surface area contributed by atoms with Crippen LogP contribution in [-0.4, -0.2) is 38.5 Å². The van der Waals surface area contributed by atoms with Gasteiger partial charge in [-0.3, -0.25) is 4.99 Å². The van der Waals surface area contributed by atoms with Crippen LogP contribution in [0.15, 0.2) is 4.99 Å². The number of rotatable bonds is 9. The topological polar surface area (TPSA) is 27.6 Å². The lowest BCUT2D eigenvalue weighted by atomic mass is 10.1. The highest BCUT2D eigenvalue weighted by Crippen LogP contribution is 2.07. The van der Waals surface area contributed by atoms with Crippen molar-refractivity contribution in [3.8, 4) is 0 Å². The van der Waals surface area contributed by atoms with E-state index in [1.807, 2.05) is 26.0 Å². The first kappa shape index (κ1) is 16.3. The van der Waals surface area contributed by atoms with Crippen LogP contribution >= 0.6 is 0 Å². The lowest BCUT2D eigenvalue weighted by molar-refractivity contribution is 0.552. The third kappa shape index (κ3) is 10.2. The van der Waals surface area contributed by atoms with Gasteiger partial charge in [0.2, 0.25) is 0 Å². The van der Waals surface area contributed by atoms with Crippen molar-refractivity contribution in [1.82, 2.24) is 10.2 Å². The fraction of sp³-hybridized carbons (Fsp3) is 0.929. The van der Waals surface area contributed by atoms with Gasteiger partial charge >= 0.3 is 0 Å². The smallest absolute Gasteiger partial charge is 0.193 e. The maximum absolute atomic E-state index is 4.19. The summed E-state index contributed by atoms with van der Waals surface area (Å²) >= 11 is 0. The molecule has 3 nitrogen and oxygen atoms in total. The Morgan fingerprint density at radius 1 is 0.941 bits per heavy atom. The van der Waals surface area contributed by atoms with E-state index in [9.17, 15) is 0 Å². The van der Waals surface area contributed by atoms with Gasteiger partial charge in [0.1, 0.15) is 0 Å². The molecule has 0 spiro atoms. The summed E-state index contributed by atoms with van der Waals surface area (Å²) in [6, 6.07) is 0. The molecule has 0 radical (unpaired) electrons. The molecule has 0 fully saturated rings. The number of unbranched alkanes of at least 4 members (excludes halogenated alkanes) is 7. The highest BCUT2D eigenvalue weighted by atomic mass is 15.3. The third-order valence-corrected chi connectivity index (χ3v) is 2.95. The van der Waals surface area contributed by atoms with Gasteiger partial charge in [-0.25, -0.2) is 0 Å². The first-order chi connectivity index (χ1) is 8.22. The zero-order chi connectivity index (χ0) is 12.9. The Morgan fingerprint density at radius 3 is 1.94 bits per heavy atom. The molecule has 0 aliphatic rings. The van der Waals surface area contributed by atoms with Crippen molar-refractivity contribution in [3.05, 3.63) is 0 Å². The van der Waals surface area contributed by atoms with Crippen molar-refractivity contribution in [2.45, 2.75) is 58.3 Å². The molecule has 0 aliphatic carbocycles. The lowest BCUT2D eigenvalue weighted by Gasteiger charge is -2.16. The molecule has 0 saturated carbocycles. The minimum absolute atomic E-state index is 0.980. The van der Waals surface area contributed by atoms with E-state index < -0.39 is 0 Å². The molecule has 0 heterocycles. The van der Waals surface area contributed by atoms with Gasteiger partial charge < -0.3 is 10.2 Å². The highest BCUT2D eigenvalue weighted by molar-refractivity contribution is 5.79. The number of nitrogens with one attached hydrogen (secondary N) is 1. The summed E-state index contributed by atoms with van der Waals surface area (Å²) in [4.78, 5) is 6.21. The van der Waals surface area contributed by atoms with Crippen molar-refractivity contribution in [2.24, 2.45) is 4.99 Å². The molecular weight excluding hydrogens is 210 g/mol.